The first kappa shape index (κ1) is 19.6. The Bertz CT molecular complexity index is 891. The maximum absolute atomic E-state index is 12.4. The standard InChI is InChI=1S/C22H25N5O/c1-17-8-5-6-13-21(17)24-22(28)19(14-23)11-7-12-20-16-27(26-25-20)15-18-9-3-2-4-10-18/h2-4,7,9-12,16-17,21H,5-6,8,13,15H2,1H3,(H,24,28)/b12-7+,19-11+/t17-,21-/m0/s1. The molecule has 1 heterocycles. The quantitative estimate of drug-likeness (QED) is 0.476. The molecular weight excluding hydrogens is 350 g/mol. The van der Waals surface area contributed by atoms with Crippen molar-refractivity contribution < 1.29 is 4.79 Å². The summed E-state index contributed by atoms with van der Waals surface area (Å²) in [5.74, 6) is 0.145. The van der Waals surface area contributed by atoms with E-state index in [1.165, 1.54) is 12.5 Å². The predicted molar refractivity (Wildman–Crippen MR) is 108 cm³/mol. The molecule has 144 valence electrons. The van der Waals surface area contributed by atoms with Crippen molar-refractivity contribution in [1.82, 2.24) is 20.3 Å². The Morgan fingerprint density at radius 2 is 2.11 bits per heavy atom. The average molecular weight is 375 g/mol. The molecular formula is C22H25N5O. The zero-order valence-electron chi connectivity index (χ0n) is 16.1. The molecule has 0 saturated heterocycles. The van der Waals surface area contributed by atoms with Crippen LogP contribution in [-0.4, -0.2) is 26.9 Å². The Morgan fingerprint density at radius 3 is 2.86 bits per heavy atom. The van der Waals surface area contributed by atoms with Gasteiger partial charge in [-0.2, -0.15) is 5.26 Å². The minimum atomic E-state index is -0.307. The summed E-state index contributed by atoms with van der Waals surface area (Å²) in [7, 11) is 0. The van der Waals surface area contributed by atoms with Crippen LogP contribution in [0.2, 0.25) is 0 Å². The first-order valence-electron chi connectivity index (χ1n) is 9.69. The summed E-state index contributed by atoms with van der Waals surface area (Å²) >= 11 is 0. The molecule has 1 amide bonds. The highest BCUT2D eigenvalue weighted by molar-refractivity contribution is 5.97. The monoisotopic (exact) mass is 375 g/mol. The van der Waals surface area contributed by atoms with Crippen LogP contribution in [0.15, 0.2) is 54.3 Å². The second-order valence-corrected chi connectivity index (χ2v) is 7.22. The Morgan fingerprint density at radius 1 is 1.32 bits per heavy atom. The van der Waals surface area contributed by atoms with Gasteiger partial charge in [-0.15, -0.1) is 5.10 Å². The molecule has 0 spiro atoms. The zero-order valence-corrected chi connectivity index (χ0v) is 16.1. The van der Waals surface area contributed by atoms with Gasteiger partial charge in [0.2, 0.25) is 0 Å². The summed E-state index contributed by atoms with van der Waals surface area (Å²) in [6.45, 7) is 2.79. The lowest BCUT2D eigenvalue weighted by atomic mass is 9.86. The fourth-order valence-corrected chi connectivity index (χ4v) is 3.42. The van der Waals surface area contributed by atoms with Crippen LogP contribution in [0.5, 0.6) is 0 Å². The molecule has 1 aliphatic rings. The minimum absolute atomic E-state index is 0.103. The molecule has 0 bridgehead atoms. The number of hydrogen-bond donors (Lipinski definition) is 1. The second kappa shape index (κ2) is 9.65. The van der Waals surface area contributed by atoms with Crippen LogP contribution in [0.3, 0.4) is 0 Å². The van der Waals surface area contributed by atoms with Crippen molar-refractivity contribution in [3.8, 4) is 6.07 Å². The highest BCUT2D eigenvalue weighted by atomic mass is 16.1. The van der Waals surface area contributed by atoms with Gasteiger partial charge in [0.25, 0.3) is 5.91 Å². The third kappa shape index (κ3) is 5.40. The summed E-state index contributed by atoms with van der Waals surface area (Å²) in [5.41, 5.74) is 1.92. The van der Waals surface area contributed by atoms with E-state index in [9.17, 15) is 10.1 Å². The molecule has 1 aromatic heterocycles. The van der Waals surface area contributed by atoms with Crippen molar-refractivity contribution in [1.29, 1.82) is 5.26 Å². The van der Waals surface area contributed by atoms with Gasteiger partial charge in [0.15, 0.2) is 0 Å². The van der Waals surface area contributed by atoms with Crippen molar-refractivity contribution in [3.63, 3.8) is 0 Å². The van der Waals surface area contributed by atoms with E-state index in [1.807, 2.05) is 42.6 Å². The van der Waals surface area contributed by atoms with E-state index in [1.54, 1.807) is 16.8 Å². The summed E-state index contributed by atoms with van der Waals surface area (Å²) < 4.78 is 1.75. The molecule has 1 aromatic carbocycles. The van der Waals surface area contributed by atoms with E-state index in [2.05, 4.69) is 22.6 Å². The van der Waals surface area contributed by atoms with Crippen molar-refractivity contribution in [2.24, 2.45) is 5.92 Å². The fraction of sp³-hybridized carbons (Fsp3) is 0.364. The molecule has 6 nitrogen and oxygen atoms in total. The number of carbonyl (C=O) groups is 1. The smallest absolute Gasteiger partial charge is 0.262 e. The number of aromatic nitrogens is 3. The molecule has 2 aromatic rings. The van der Waals surface area contributed by atoms with Crippen LogP contribution in [0.4, 0.5) is 0 Å². The SMILES string of the molecule is C[C@H]1CCCC[C@@H]1NC(=O)/C(C#N)=C/C=C/c1cn(Cc2ccccc2)nn1. The maximum atomic E-state index is 12.4. The molecule has 0 aliphatic heterocycles. The number of carbonyl (C=O) groups excluding carboxylic acids is 1. The van der Waals surface area contributed by atoms with Crippen molar-refractivity contribution in [3.05, 3.63) is 65.5 Å². The van der Waals surface area contributed by atoms with Crippen molar-refractivity contribution in [2.45, 2.75) is 45.2 Å². The minimum Gasteiger partial charge on any atom is -0.348 e. The van der Waals surface area contributed by atoms with E-state index in [-0.39, 0.29) is 17.5 Å². The number of nitriles is 1. The van der Waals surface area contributed by atoms with Gasteiger partial charge in [0, 0.05) is 6.04 Å². The number of allylic oxidation sites excluding steroid dienone is 2. The average Bonchev–Trinajstić information content (AvgIpc) is 3.15. The van der Waals surface area contributed by atoms with Gasteiger partial charge in [-0.3, -0.25) is 4.79 Å². The molecule has 1 aliphatic carbocycles. The topological polar surface area (TPSA) is 83.6 Å². The van der Waals surface area contributed by atoms with E-state index in [0.29, 0.717) is 18.2 Å². The number of benzene rings is 1. The number of nitrogens with zero attached hydrogens (tertiary/aromatic N) is 4. The Labute approximate surface area is 165 Å². The molecule has 6 heteroatoms. The first-order chi connectivity index (χ1) is 13.7. The van der Waals surface area contributed by atoms with Crippen LogP contribution >= 0.6 is 0 Å². The van der Waals surface area contributed by atoms with Crippen LogP contribution in [0, 0.1) is 17.2 Å². The summed E-state index contributed by atoms with van der Waals surface area (Å²) in [6.07, 6.45) is 11.2. The molecule has 1 N–H and O–H groups in total. The lowest BCUT2D eigenvalue weighted by Gasteiger charge is -2.29. The molecule has 3 rings (SSSR count). The molecule has 1 saturated carbocycles. The van der Waals surface area contributed by atoms with Crippen molar-refractivity contribution in [2.75, 3.05) is 0 Å². The first-order valence-corrected chi connectivity index (χ1v) is 9.69. The number of hydrogen-bond acceptors (Lipinski definition) is 4. The van der Waals surface area contributed by atoms with Gasteiger partial charge in [0.05, 0.1) is 12.7 Å². The Kier molecular flexibility index (Phi) is 6.74. The van der Waals surface area contributed by atoms with Crippen LogP contribution in [-0.2, 0) is 11.3 Å². The summed E-state index contributed by atoms with van der Waals surface area (Å²) in [6, 6.07) is 12.2. The highest BCUT2D eigenvalue weighted by Crippen LogP contribution is 2.23. The van der Waals surface area contributed by atoms with Crippen LogP contribution in [0.1, 0.15) is 43.9 Å². The van der Waals surface area contributed by atoms with Gasteiger partial charge >= 0.3 is 0 Å². The van der Waals surface area contributed by atoms with Crippen LogP contribution in [0.25, 0.3) is 6.08 Å². The second-order valence-electron chi connectivity index (χ2n) is 7.22. The van der Waals surface area contributed by atoms with Crippen molar-refractivity contribution >= 4 is 12.0 Å². The largest absolute Gasteiger partial charge is 0.348 e. The summed E-state index contributed by atoms with van der Waals surface area (Å²) in [4.78, 5) is 12.4. The normalized spacial score (nSPS) is 20.1. The third-order valence-electron chi connectivity index (χ3n) is 5.07. The fourth-order valence-electron chi connectivity index (χ4n) is 3.42. The maximum Gasteiger partial charge on any atom is 0.262 e. The van der Waals surface area contributed by atoms with Crippen LogP contribution < -0.4 is 5.32 Å². The third-order valence-corrected chi connectivity index (χ3v) is 5.07. The highest BCUT2D eigenvalue weighted by Gasteiger charge is 2.23. The van der Waals surface area contributed by atoms with Gasteiger partial charge in [-0.1, -0.05) is 61.4 Å². The molecule has 28 heavy (non-hydrogen) atoms. The molecule has 1 fully saturated rings. The molecule has 2 atom stereocenters. The number of rotatable bonds is 6. The zero-order chi connectivity index (χ0) is 19.8. The number of amides is 1. The van der Waals surface area contributed by atoms with E-state index in [4.69, 9.17) is 0 Å². The van der Waals surface area contributed by atoms with Gasteiger partial charge in [0.1, 0.15) is 17.3 Å². The Balaban J connectivity index is 1.58. The van der Waals surface area contributed by atoms with Gasteiger partial charge < -0.3 is 5.32 Å². The summed E-state index contributed by atoms with van der Waals surface area (Å²) in [5, 5.41) is 20.5. The molecule has 0 radical (unpaired) electrons. The lowest BCUT2D eigenvalue weighted by Crippen LogP contribution is -2.41. The Hall–Kier alpha value is -3.20. The van der Waals surface area contributed by atoms with E-state index >= 15 is 0 Å². The van der Waals surface area contributed by atoms with E-state index < -0.39 is 0 Å². The molecule has 0 unspecified atom stereocenters. The van der Waals surface area contributed by atoms with Gasteiger partial charge in [-0.05, 0) is 36.5 Å². The van der Waals surface area contributed by atoms with E-state index in [0.717, 1.165) is 24.8 Å². The number of nitrogens with one attached hydrogen (secondary N) is 1. The predicted octanol–water partition coefficient (Wildman–Crippen LogP) is 3.48. The van der Waals surface area contributed by atoms with Gasteiger partial charge in [-0.25, -0.2) is 4.68 Å². The lowest BCUT2D eigenvalue weighted by molar-refractivity contribution is -0.118.